The van der Waals surface area contributed by atoms with Gasteiger partial charge in [0, 0.05) is 37.1 Å². The molecule has 4 rings (SSSR count). The lowest BCUT2D eigenvalue weighted by Crippen LogP contribution is -2.42. The summed E-state index contributed by atoms with van der Waals surface area (Å²) in [7, 11) is 1.73. The number of benzene rings is 1. The number of likely N-dealkylation sites (tertiary alicyclic amines) is 1. The molecule has 0 bridgehead atoms. The molecule has 2 aliphatic rings. The lowest BCUT2D eigenvalue weighted by Gasteiger charge is -2.37. The molecule has 1 aliphatic heterocycles. The zero-order valence-corrected chi connectivity index (χ0v) is 19.8. The van der Waals surface area contributed by atoms with Gasteiger partial charge in [-0.15, -0.1) is 0 Å². The van der Waals surface area contributed by atoms with Crippen molar-refractivity contribution in [1.29, 1.82) is 0 Å². The Morgan fingerprint density at radius 1 is 1.28 bits per heavy atom. The van der Waals surface area contributed by atoms with E-state index in [2.05, 4.69) is 16.1 Å². The second-order valence-corrected chi connectivity index (χ2v) is 9.69. The van der Waals surface area contributed by atoms with Crippen LogP contribution in [0.15, 0.2) is 28.8 Å². The van der Waals surface area contributed by atoms with Crippen molar-refractivity contribution in [1.82, 2.24) is 15.0 Å². The van der Waals surface area contributed by atoms with Gasteiger partial charge in [0.25, 0.3) is 5.88 Å². The molecule has 1 aliphatic carbocycles. The van der Waals surface area contributed by atoms with Gasteiger partial charge in [-0.1, -0.05) is 31.5 Å². The van der Waals surface area contributed by atoms with Crippen LogP contribution in [0.3, 0.4) is 0 Å². The smallest absolute Gasteiger partial charge is 0.416 e. The van der Waals surface area contributed by atoms with Gasteiger partial charge in [0.05, 0.1) is 6.10 Å². The van der Waals surface area contributed by atoms with Gasteiger partial charge < -0.3 is 18.9 Å². The summed E-state index contributed by atoms with van der Waals surface area (Å²) in [5.74, 6) is 2.27. The highest BCUT2D eigenvalue weighted by Crippen LogP contribution is 2.34. The number of hydrogen-bond donors (Lipinski definition) is 0. The largest absolute Gasteiger partial charge is 0.490 e. The number of ether oxygens (including phenoxy) is 2. The highest BCUT2D eigenvalue weighted by molar-refractivity contribution is 6.31. The van der Waals surface area contributed by atoms with E-state index in [-0.39, 0.29) is 17.9 Å². The van der Waals surface area contributed by atoms with Crippen LogP contribution in [-0.4, -0.2) is 53.8 Å². The van der Waals surface area contributed by atoms with E-state index >= 15 is 0 Å². The van der Waals surface area contributed by atoms with Crippen LogP contribution in [0, 0.1) is 5.92 Å². The highest BCUT2D eigenvalue weighted by atomic mass is 35.5. The second-order valence-electron chi connectivity index (χ2n) is 9.28. The van der Waals surface area contributed by atoms with Crippen molar-refractivity contribution in [2.45, 2.75) is 58.1 Å². The molecule has 0 radical (unpaired) electrons. The molecule has 1 saturated carbocycles. The Balaban J connectivity index is 1.19. The van der Waals surface area contributed by atoms with Crippen LogP contribution in [-0.2, 0) is 6.54 Å². The van der Waals surface area contributed by atoms with Crippen LogP contribution in [0.2, 0.25) is 5.02 Å². The molecule has 8 heteroatoms. The zero-order chi connectivity index (χ0) is 22.7. The summed E-state index contributed by atoms with van der Waals surface area (Å²) in [5.41, 5.74) is 1.15. The molecule has 0 atom stereocenters. The van der Waals surface area contributed by atoms with Crippen molar-refractivity contribution in [3.63, 3.8) is 0 Å². The van der Waals surface area contributed by atoms with E-state index in [9.17, 15) is 4.79 Å². The molecule has 0 unspecified atom stereocenters. The van der Waals surface area contributed by atoms with Crippen molar-refractivity contribution < 1.29 is 18.8 Å². The molecule has 0 spiro atoms. The first-order valence-electron chi connectivity index (χ1n) is 11.4. The van der Waals surface area contributed by atoms with E-state index in [0.717, 1.165) is 48.8 Å². The number of carbonyl (C=O) groups excluding carboxylic acids is 1. The zero-order valence-electron chi connectivity index (χ0n) is 19.1. The van der Waals surface area contributed by atoms with Crippen LogP contribution < -0.4 is 9.47 Å². The van der Waals surface area contributed by atoms with Gasteiger partial charge >= 0.3 is 6.09 Å². The SMILES string of the molecule is CC(C)c1cc(OC(=O)N(C)CC2CC(Oc3ccc(CN4CCCC4)c(Cl)c3)C2)no1. The Hall–Kier alpha value is -2.25. The number of rotatable bonds is 8. The van der Waals surface area contributed by atoms with Crippen LogP contribution in [0.4, 0.5) is 4.79 Å². The van der Waals surface area contributed by atoms with Gasteiger partial charge in [-0.2, -0.15) is 0 Å². The summed E-state index contributed by atoms with van der Waals surface area (Å²) in [5, 5.41) is 4.56. The van der Waals surface area contributed by atoms with Gasteiger partial charge in [0.15, 0.2) is 0 Å². The standard InChI is InChI=1S/C24H32ClN3O4/c1-16(2)22-13-23(26-32-22)31-24(29)27(3)14-17-10-20(11-17)30-19-7-6-18(21(25)12-19)15-28-8-4-5-9-28/h6-7,12-13,16-17,20H,4-5,8-11,14-15H2,1-3H3. The first kappa shape index (κ1) is 22.9. The van der Waals surface area contributed by atoms with E-state index in [1.54, 1.807) is 18.0 Å². The third-order valence-corrected chi connectivity index (χ3v) is 6.58. The normalized spacial score (nSPS) is 20.9. The number of hydrogen-bond acceptors (Lipinski definition) is 6. The first-order chi connectivity index (χ1) is 15.4. The number of nitrogens with zero attached hydrogens (tertiary/aromatic N) is 3. The van der Waals surface area contributed by atoms with E-state index < -0.39 is 6.09 Å². The van der Waals surface area contributed by atoms with Crippen molar-refractivity contribution in [2.24, 2.45) is 5.92 Å². The third-order valence-electron chi connectivity index (χ3n) is 6.22. The number of halogens is 1. The molecule has 2 heterocycles. The molecule has 1 saturated heterocycles. The van der Waals surface area contributed by atoms with Crippen LogP contribution in [0.5, 0.6) is 11.6 Å². The summed E-state index contributed by atoms with van der Waals surface area (Å²) in [6, 6.07) is 7.67. The lowest BCUT2D eigenvalue weighted by atomic mass is 9.82. The molecule has 1 aromatic carbocycles. The minimum Gasteiger partial charge on any atom is -0.490 e. The monoisotopic (exact) mass is 461 g/mol. The Morgan fingerprint density at radius 3 is 2.69 bits per heavy atom. The number of amides is 1. The van der Waals surface area contributed by atoms with E-state index in [1.165, 1.54) is 12.8 Å². The van der Waals surface area contributed by atoms with Gasteiger partial charge in [-0.25, -0.2) is 4.79 Å². The fourth-order valence-electron chi connectivity index (χ4n) is 4.24. The molecule has 174 valence electrons. The summed E-state index contributed by atoms with van der Waals surface area (Å²) >= 11 is 6.49. The first-order valence-corrected chi connectivity index (χ1v) is 11.8. The van der Waals surface area contributed by atoms with Crippen LogP contribution >= 0.6 is 11.6 Å². The van der Waals surface area contributed by atoms with E-state index in [4.69, 9.17) is 25.6 Å². The molecule has 1 amide bonds. The van der Waals surface area contributed by atoms with Crippen LogP contribution in [0.1, 0.15) is 56.8 Å². The Kier molecular flexibility index (Phi) is 7.26. The van der Waals surface area contributed by atoms with Crippen molar-refractivity contribution in [2.75, 3.05) is 26.7 Å². The maximum absolute atomic E-state index is 12.3. The molecule has 2 fully saturated rings. The van der Waals surface area contributed by atoms with Crippen LogP contribution in [0.25, 0.3) is 0 Å². The second kappa shape index (κ2) is 10.1. The fraction of sp³-hybridized carbons (Fsp3) is 0.583. The van der Waals surface area contributed by atoms with Gasteiger partial charge in [0.1, 0.15) is 11.5 Å². The number of carbonyl (C=O) groups is 1. The Labute approximate surface area is 194 Å². The Bertz CT molecular complexity index is 920. The van der Waals surface area contributed by atoms with E-state index in [1.807, 2.05) is 26.0 Å². The summed E-state index contributed by atoms with van der Waals surface area (Å²) < 4.78 is 16.6. The van der Waals surface area contributed by atoms with Gasteiger partial charge in [-0.3, -0.25) is 4.90 Å². The maximum Gasteiger partial charge on any atom is 0.416 e. The van der Waals surface area contributed by atoms with Crippen molar-refractivity contribution in [3.05, 3.63) is 40.6 Å². The molecular weight excluding hydrogens is 430 g/mol. The molecule has 32 heavy (non-hydrogen) atoms. The van der Waals surface area contributed by atoms with Gasteiger partial charge in [-0.05, 0) is 67.5 Å². The minimum absolute atomic E-state index is 0.147. The summed E-state index contributed by atoms with van der Waals surface area (Å²) in [6.45, 7) is 7.80. The molecule has 1 aromatic heterocycles. The molecule has 2 aromatic rings. The summed E-state index contributed by atoms with van der Waals surface area (Å²) in [4.78, 5) is 16.3. The average molecular weight is 462 g/mol. The molecular formula is C24H32ClN3O4. The van der Waals surface area contributed by atoms with Gasteiger partial charge in [0.2, 0.25) is 0 Å². The minimum atomic E-state index is -0.432. The van der Waals surface area contributed by atoms with Crippen molar-refractivity contribution >= 4 is 17.7 Å². The number of aromatic nitrogens is 1. The topological polar surface area (TPSA) is 68.0 Å². The Morgan fingerprint density at radius 2 is 2.03 bits per heavy atom. The van der Waals surface area contributed by atoms with E-state index in [0.29, 0.717) is 18.2 Å². The average Bonchev–Trinajstić information content (AvgIpc) is 3.40. The third kappa shape index (κ3) is 5.75. The fourth-order valence-corrected chi connectivity index (χ4v) is 4.48. The predicted molar refractivity (Wildman–Crippen MR) is 122 cm³/mol. The highest BCUT2D eigenvalue weighted by Gasteiger charge is 2.33. The maximum atomic E-state index is 12.3. The summed E-state index contributed by atoms with van der Waals surface area (Å²) in [6.07, 6.45) is 4.05. The molecule has 0 N–H and O–H groups in total. The quantitative estimate of drug-likeness (QED) is 0.528. The molecule has 7 nitrogen and oxygen atoms in total. The predicted octanol–water partition coefficient (Wildman–Crippen LogP) is 5.34. The van der Waals surface area contributed by atoms with Crippen molar-refractivity contribution in [3.8, 4) is 11.6 Å². The lowest BCUT2D eigenvalue weighted by molar-refractivity contribution is 0.0481.